The molecule has 4 nitrogen and oxygen atoms in total. The fourth-order valence-corrected chi connectivity index (χ4v) is 2.66. The van der Waals surface area contributed by atoms with Gasteiger partial charge in [-0.2, -0.15) is 0 Å². The van der Waals surface area contributed by atoms with Gasteiger partial charge in [-0.1, -0.05) is 36.4 Å². The summed E-state index contributed by atoms with van der Waals surface area (Å²) in [6.45, 7) is 2.84. The number of pyridine rings is 1. The average Bonchev–Trinajstić information content (AvgIpc) is 2.66. The van der Waals surface area contributed by atoms with Crippen molar-refractivity contribution in [3.05, 3.63) is 94.9 Å². The standard InChI is InChI=1S/C22H21FN2O2/c1-16-5-2-3-7-19(16)15-27-22-13-18(9-10-24-22)14-25-21(26)12-17-6-4-8-20(23)11-17/h2-11,13H,12,14-15H2,1H3,(H,25,26). The first kappa shape index (κ1) is 18.6. The summed E-state index contributed by atoms with van der Waals surface area (Å²) in [5, 5.41) is 2.83. The van der Waals surface area contributed by atoms with Crippen LogP contribution in [0.3, 0.4) is 0 Å². The van der Waals surface area contributed by atoms with Gasteiger partial charge in [0, 0.05) is 18.8 Å². The van der Waals surface area contributed by atoms with E-state index in [9.17, 15) is 9.18 Å². The first-order valence-corrected chi connectivity index (χ1v) is 8.73. The Morgan fingerprint density at radius 2 is 1.93 bits per heavy atom. The second-order valence-electron chi connectivity index (χ2n) is 6.30. The number of aromatic nitrogens is 1. The number of rotatable bonds is 7. The van der Waals surface area contributed by atoms with Gasteiger partial charge in [0.25, 0.3) is 0 Å². The second kappa shape index (κ2) is 8.94. The van der Waals surface area contributed by atoms with E-state index in [-0.39, 0.29) is 18.1 Å². The monoisotopic (exact) mass is 364 g/mol. The molecule has 0 saturated heterocycles. The Hall–Kier alpha value is -3.21. The third-order valence-corrected chi connectivity index (χ3v) is 4.18. The summed E-state index contributed by atoms with van der Waals surface area (Å²) in [7, 11) is 0. The molecular formula is C22H21FN2O2. The molecule has 0 aliphatic heterocycles. The van der Waals surface area contributed by atoms with E-state index in [2.05, 4.69) is 10.3 Å². The van der Waals surface area contributed by atoms with Gasteiger partial charge in [0.15, 0.2) is 0 Å². The van der Waals surface area contributed by atoms with Crippen molar-refractivity contribution in [1.82, 2.24) is 10.3 Å². The van der Waals surface area contributed by atoms with E-state index < -0.39 is 0 Å². The molecule has 138 valence electrons. The number of nitrogens with zero attached hydrogens (tertiary/aromatic N) is 1. The van der Waals surface area contributed by atoms with Crippen molar-refractivity contribution in [2.45, 2.75) is 26.5 Å². The summed E-state index contributed by atoms with van der Waals surface area (Å²) in [4.78, 5) is 16.3. The van der Waals surface area contributed by atoms with Crippen LogP contribution in [0, 0.1) is 12.7 Å². The molecule has 27 heavy (non-hydrogen) atoms. The number of halogens is 1. The Balaban J connectivity index is 1.53. The zero-order valence-corrected chi connectivity index (χ0v) is 15.1. The number of hydrogen-bond acceptors (Lipinski definition) is 3. The summed E-state index contributed by atoms with van der Waals surface area (Å²) in [5.74, 6) is -0.000185. The highest BCUT2D eigenvalue weighted by atomic mass is 19.1. The summed E-state index contributed by atoms with van der Waals surface area (Å²) in [6, 6.07) is 17.7. The van der Waals surface area contributed by atoms with Gasteiger partial charge in [-0.15, -0.1) is 0 Å². The lowest BCUT2D eigenvalue weighted by atomic mass is 10.1. The Bertz CT molecular complexity index is 927. The van der Waals surface area contributed by atoms with Crippen LogP contribution in [0.25, 0.3) is 0 Å². The Kier molecular flexibility index (Phi) is 6.15. The topological polar surface area (TPSA) is 51.2 Å². The molecule has 0 saturated carbocycles. The summed E-state index contributed by atoms with van der Waals surface area (Å²) in [5.41, 5.74) is 3.80. The molecule has 1 aromatic heterocycles. The number of amides is 1. The van der Waals surface area contributed by atoms with Crippen LogP contribution in [0.1, 0.15) is 22.3 Å². The van der Waals surface area contributed by atoms with E-state index in [1.165, 1.54) is 17.7 Å². The number of benzene rings is 2. The lowest BCUT2D eigenvalue weighted by molar-refractivity contribution is -0.120. The lowest BCUT2D eigenvalue weighted by Gasteiger charge is -2.10. The van der Waals surface area contributed by atoms with Gasteiger partial charge < -0.3 is 10.1 Å². The molecule has 1 amide bonds. The molecule has 0 spiro atoms. The lowest BCUT2D eigenvalue weighted by Crippen LogP contribution is -2.24. The molecule has 0 radical (unpaired) electrons. The largest absolute Gasteiger partial charge is 0.473 e. The van der Waals surface area contributed by atoms with Gasteiger partial charge in [-0.3, -0.25) is 4.79 Å². The SMILES string of the molecule is Cc1ccccc1COc1cc(CNC(=O)Cc2cccc(F)c2)ccn1. The van der Waals surface area contributed by atoms with Crippen LogP contribution in [-0.4, -0.2) is 10.9 Å². The molecule has 0 aliphatic carbocycles. The Morgan fingerprint density at radius 3 is 2.74 bits per heavy atom. The molecule has 3 aromatic rings. The number of nitrogens with one attached hydrogen (secondary N) is 1. The van der Waals surface area contributed by atoms with Crippen molar-refractivity contribution in [3.8, 4) is 5.88 Å². The number of aryl methyl sites for hydroxylation is 1. The molecular weight excluding hydrogens is 343 g/mol. The van der Waals surface area contributed by atoms with Gasteiger partial charge in [0.2, 0.25) is 11.8 Å². The quantitative estimate of drug-likeness (QED) is 0.690. The Labute approximate surface area is 158 Å². The maximum atomic E-state index is 13.2. The second-order valence-corrected chi connectivity index (χ2v) is 6.30. The van der Waals surface area contributed by atoms with Gasteiger partial charge in [-0.05, 0) is 47.4 Å². The Morgan fingerprint density at radius 1 is 1.07 bits per heavy atom. The third kappa shape index (κ3) is 5.64. The van der Waals surface area contributed by atoms with Crippen molar-refractivity contribution >= 4 is 5.91 Å². The molecule has 1 N–H and O–H groups in total. The first-order chi connectivity index (χ1) is 13.1. The van der Waals surface area contributed by atoms with Crippen LogP contribution < -0.4 is 10.1 Å². The van der Waals surface area contributed by atoms with Gasteiger partial charge in [0.1, 0.15) is 12.4 Å². The highest BCUT2D eigenvalue weighted by Gasteiger charge is 2.06. The van der Waals surface area contributed by atoms with Crippen molar-refractivity contribution in [2.75, 3.05) is 0 Å². The molecule has 5 heteroatoms. The molecule has 2 aromatic carbocycles. The summed E-state index contributed by atoms with van der Waals surface area (Å²) >= 11 is 0. The normalized spacial score (nSPS) is 10.4. The van der Waals surface area contributed by atoms with Crippen LogP contribution in [0.4, 0.5) is 4.39 Å². The fourth-order valence-electron chi connectivity index (χ4n) is 2.66. The minimum absolute atomic E-state index is 0.138. The van der Waals surface area contributed by atoms with Gasteiger partial charge in [-0.25, -0.2) is 9.37 Å². The van der Waals surface area contributed by atoms with Crippen LogP contribution >= 0.6 is 0 Å². The van der Waals surface area contributed by atoms with Crippen LogP contribution in [-0.2, 0) is 24.4 Å². The summed E-state index contributed by atoms with van der Waals surface area (Å²) in [6.07, 6.45) is 1.79. The number of hydrogen-bond donors (Lipinski definition) is 1. The zero-order chi connectivity index (χ0) is 19.1. The average molecular weight is 364 g/mol. The van der Waals surface area contributed by atoms with E-state index in [0.717, 1.165) is 11.1 Å². The molecule has 0 atom stereocenters. The van der Waals surface area contributed by atoms with Crippen molar-refractivity contribution in [1.29, 1.82) is 0 Å². The zero-order valence-electron chi connectivity index (χ0n) is 15.1. The molecule has 0 bridgehead atoms. The maximum absolute atomic E-state index is 13.2. The minimum atomic E-state index is -0.343. The molecule has 0 fully saturated rings. The molecule has 1 heterocycles. The minimum Gasteiger partial charge on any atom is -0.473 e. The van der Waals surface area contributed by atoms with E-state index in [1.807, 2.05) is 37.3 Å². The van der Waals surface area contributed by atoms with Crippen molar-refractivity contribution in [2.24, 2.45) is 0 Å². The molecule has 0 aliphatic rings. The van der Waals surface area contributed by atoms with Crippen LogP contribution in [0.2, 0.25) is 0 Å². The fraction of sp³-hybridized carbons (Fsp3) is 0.182. The van der Waals surface area contributed by atoms with E-state index in [0.29, 0.717) is 24.6 Å². The van der Waals surface area contributed by atoms with Crippen molar-refractivity contribution < 1.29 is 13.9 Å². The van der Waals surface area contributed by atoms with Crippen molar-refractivity contribution in [3.63, 3.8) is 0 Å². The highest BCUT2D eigenvalue weighted by molar-refractivity contribution is 5.78. The summed E-state index contributed by atoms with van der Waals surface area (Å²) < 4.78 is 18.9. The van der Waals surface area contributed by atoms with E-state index in [4.69, 9.17) is 4.74 Å². The van der Waals surface area contributed by atoms with Crippen LogP contribution in [0.5, 0.6) is 5.88 Å². The molecule has 3 rings (SSSR count). The van der Waals surface area contributed by atoms with Crippen LogP contribution in [0.15, 0.2) is 66.9 Å². The van der Waals surface area contributed by atoms with E-state index >= 15 is 0 Å². The van der Waals surface area contributed by atoms with Gasteiger partial charge in [0.05, 0.1) is 6.42 Å². The molecule has 0 unspecified atom stereocenters. The number of carbonyl (C=O) groups is 1. The number of carbonyl (C=O) groups excluding carboxylic acids is 1. The predicted octanol–water partition coefficient (Wildman–Crippen LogP) is 3.97. The maximum Gasteiger partial charge on any atom is 0.224 e. The number of ether oxygens (including phenoxy) is 1. The van der Waals surface area contributed by atoms with E-state index in [1.54, 1.807) is 24.4 Å². The predicted molar refractivity (Wildman–Crippen MR) is 102 cm³/mol. The smallest absolute Gasteiger partial charge is 0.224 e. The third-order valence-electron chi connectivity index (χ3n) is 4.18. The highest BCUT2D eigenvalue weighted by Crippen LogP contribution is 2.14. The first-order valence-electron chi connectivity index (χ1n) is 8.73. The van der Waals surface area contributed by atoms with Gasteiger partial charge >= 0.3 is 0 Å².